The number of para-hydroxylation sites is 1. The van der Waals surface area contributed by atoms with Gasteiger partial charge in [-0.3, -0.25) is 4.79 Å². The molecule has 1 aromatic heterocycles. The molecule has 1 atom stereocenters. The van der Waals surface area contributed by atoms with E-state index in [4.69, 9.17) is 0 Å². The third-order valence-electron chi connectivity index (χ3n) is 3.86. The SMILES string of the molecule is O=C(CCn1ccc2ccccc21)N[C@@H]1CCS(=O)(=O)C1. The van der Waals surface area contributed by atoms with Crippen molar-refractivity contribution in [1.29, 1.82) is 0 Å². The number of sulfone groups is 1. The predicted octanol–water partition coefficient (Wildman–Crippen LogP) is 1.33. The quantitative estimate of drug-likeness (QED) is 0.926. The first-order valence-corrected chi connectivity index (χ1v) is 8.89. The van der Waals surface area contributed by atoms with Gasteiger partial charge in [0.1, 0.15) is 0 Å². The number of carbonyl (C=O) groups is 1. The minimum absolute atomic E-state index is 0.0746. The van der Waals surface area contributed by atoms with Crippen molar-refractivity contribution in [3.05, 3.63) is 36.5 Å². The van der Waals surface area contributed by atoms with Crippen LogP contribution in [0.4, 0.5) is 0 Å². The molecule has 1 aromatic carbocycles. The van der Waals surface area contributed by atoms with Crippen molar-refractivity contribution in [2.45, 2.75) is 25.4 Å². The molecule has 5 nitrogen and oxygen atoms in total. The van der Waals surface area contributed by atoms with Gasteiger partial charge >= 0.3 is 0 Å². The van der Waals surface area contributed by atoms with Crippen LogP contribution in [0.2, 0.25) is 0 Å². The number of carbonyl (C=O) groups excluding carboxylic acids is 1. The van der Waals surface area contributed by atoms with E-state index in [2.05, 4.69) is 5.32 Å². The number of benzene rings is 1. The number of nitrogens with zero attached hydrogens (tertiary/aromatic N) is 1. The summed E-state index contributed by atoms with van der Waals surface area (Å²) in [5.74, 6) is 0.167. The number of hydrogen-bond donors (Lipinski definition) is 1. The van der Waals surface area contributed by atoms with Gasteiger partial charge in [-0.15, -0.1) is 0 Å². The first-order chi connectivity index (χ1) is 10.0. The van der Waals surface area contributed by atoms with Crippen molar-refractivity contribution >= 4 is 26.6 Å². The molecule has 6 heteroatoms. The Morgan fingerprint density at radius 2 is 2.10 bits per heavy atom. The predicted molar refractivity (Wildman–Crippen MR) is 81.8 cm³/mol. The van der Waals surface area contributed by atoms with Crippen LogP contribution in [0, 0.1) is 0 Å². The van der Waals surface area contributed by atoms with Crippen LogP contribution >= 0.6 is 0 Å². The fourth-order valence-electron chi connectivity index (χ4n) is 2.77. The standard InChI is InChI=1S/C15H18N2O3S/c18-15(16-13-7-10-21(19,20)11-13)6-9-17-8-5-12-3-1-2-4-14(12)17/h1-5,8,13H,6-7,9-11H2,(H,16,18)/t13-/m1/s1. The fraction of sp³-hybridized carbons (Fsp3) is 0.400. The highest BCUT2D eigenvalue weighted by Gasteiger charge is 2.28. The van der Waals surface area contributed by atoms with Gasteiger partial charge in [-0.25, -0.2) is 8.42 Å². The number of rotatable bonds is 4. The Balaban J connectivity index is 1.57. The van der Waals surface area contributed by atoms with Crippen LogP contribution in [0.5, 0.6) is 0 Å². The summed E-state index contributed by atoms with van der Waals surface area (Å²) in [6, 6.07) is 9.83. The molecule has 1 N–H and O–H groups in total. The summed E-state index contributed by atoms with van der Waals surface area (Å²) < 4.78 is 24.8. The van der Waals surface area contributed by atoms with Crippen LogP contribution in [0.3, 0.4) is 0 Å². The Bertz CT molecular complexity index is 764. The minimum Gasteiger partial charge on any atom is -0.352 e. The zero-order valence-corrected chi connectivity index (χ0v) is 12.5. The van der Waals surface area contributed by atoms with Crippen LogP contribution in [0.25, 0.3) is 10.9 Å². The van der Waals surface area contributed by atoms with E-state index in [1.54, 1.807) is 0 Å². The Morgan fingerprint density at radius 3 is 2.86 bits per heavy atom. The molecule has 3 rings (SSSR count). The molecule has 1 aliphatic heterocycles. The van der Waals surface area contributed by atoms with E-state index in [1.807, 2.05) is 41.1 Å². The maximum atomic E-state index is 11.9. The van der Waals surface area contributed by atoms with Crippen molar-refractivity contribution in [2.75, 3.05) is 11.5 Å². The Labute approximate surface area is 123 Å². The number of hydrogen-bond acceptors (Lipinski definition) is 3. The molecule has 0 radical (unpaired) electrons. The topological polar surface area (TPSA) is 68.2 Å². The lowest BCUT2D eigenvalue weighted by molar-refractivity contribution is -0.121. The average Bonchev–Trinajstić information content (AvgIpc) is 3.00. The molecule has 1 fully saturated rings. The zero-order valence-electron chi connectivity index (χ0n) is 11.7. The monoisotopic (exact) mass is 306 g/mol. The molecule has 2 aromatic rings. The summed E-state index contributed by atoms with van der Waals surface area (Å²) in [6.45, 7) is 0.596. The Kier molecular flexibility index (Phi) is 3.71. The highest BCUT2D eigenvalue weighted by molar-refractivity contribution is 7.91. The lowest BCUT2D eigenvalue weighted by atomic mass is 10.2. The summed E-state index contributed by atoms with van der Waals surface area (Å²) in [6.07, 6.45) is 2.85. The van der Waals surface area contributed by atoms with Crippen LogP contribution in [0.1, 0.15) is 12.8 Å². The maximum absolute atomic E-state index is 11.9. The lowest BCUT2D eigenvalue weighted by Gasteiger charge is -2.11. The van der Waals surface area contributed by atoms with E-state index in [-0.39, 0.29) is 23.5 Å². The number of amides is 1. The van der Waals surface area contributed by atoms with Crippen molar-refractivity contribution in [1.82, 2.24) is 9.88 Å². The minimum atomic E-state index is -2.95. The molecule has 1 saturated heterocycles. The molecule has 0 unspecified atom stereocenters. The largest absolute Gasteiger partial charge is 0.352 e. The second-order valence-electron chi connectivity index (χ2n) is 5.49. The van der Waals surface area contributed by atoms with Gasteiger partial charge in [0.05, 0.1) is 11.5 Å². The van der Waals surface area contributed by atoms with Crippen molar-refractivity contribution in [3.63, 3.8) is 0 Å². The molecule has 0 aliphatic carbocycles. The van der Waals surface area contributed by atoms with Crippen LogP contribution in [-0.2, 0) is 21.2 Å². The second-order valence-corrected chi connectivity index (χ2v) is 7.71. The average molecular weight is 306 g/mol. The Hall–Kier alpha value is -1.82. The first-order valence-electron chi connectivity index (χ1n) is 7.07. The van der Waals surface area contributed by atoms with Crippen molar-refractivity contribution in [2.24, 2.45) is 0 Å². The number of aryl methyl sites for hydroxylation is 1. The Morgan fingerprint density at radius 1 is 1.29 bits per heavy atom. The first kappa shape index (κ1) is 14.1. The normalized spacial score (nSPS) is 20.7. The molecular weight excluding hydrogens is 288 g/mol. The van der Waals surface area contributed by atoms with E-state index >= 15 is 0 Å². The molecule has 21 heavy (non-hydrogen) atoms. The van der Waals surface area contributed by atoms with Gasteiger partial charge in [-0.2, -0.15) is 0 Å². The zero-order chi connectivity index (χ0) is 14.9. The summed E-state index contributed by atoms with van der Waals surface area (Å²) in [5, 5.41) is 3.97. The summed E-state index contributed by atoms with van der Waals surface area (Å²) in [7, 11) is -2.95. The van der Waals surface area contributed by atoms with Crippen molar-refractivity contribution < 1.29 is 13.2 Å². The van der Waals surface area contributed by atoms with Gasteiger partial charge in [0.25, 0.3) is 0 Å². The third-order valence-corrected chi connectivity index (χ3v) is 5.63. The van der Waals surface area contributed by atoms with Crippen LogP contribution in [0.15, 0.2) is 36.5 Å². The number of fused-ring (bicyclic) bond motifs is 1. The van der Waals surface area contributed by atoms with Gasteiger partial charge in [-0.1, -0.05) is 18.2 Å². The molecule has 1 aliphatic rings. The van der Waals surface area contributed by atoms with Crippen LogP contribution < -0.4 is 5.32 Å². The van der Waals surface area contributed by atoms with Gasteiger partial charge in [0.2, 0.25) is 5.91 Å². The van der Waals surface area contributed by atoms with Gasteiger partial charge in [0, 0.05) is 30.7 Å². The van der Waals surface area contributed by atoms with Crippen molar-refractivity contribution in [3.8, 4) is 0 Å². The molecule has 0 saturated carbocycles. The molecule has 112 valence electrons. The molecule has 0 spiro atoms. The number of aromatic nitrogens is 1. The van der Waals surface area contributed by atoms with Gasteiger partial charge in [-0.05, 0) is 23.9 Å². The van der Waals surface area contributed by atoms with E-state index in [0.29, 0.717) is 19.4 Å². The maximum Gasteiger partial charge on any atom is 0.222 e. The van der Waals surface area contributed by atoms with Gasteiger partial charge < -0.3 is 9.88 Å². The molecular formula is C15H18N2O3S. The molecule has 1 amide bonds. The molecule has 0 bridgehead atoms. The fourth-order valence-corrected chi connectivity index (χ4v) is 4.44. The summed E-state index contributed by atoms with van der Waals surface area (Å²) in [4.78, 5) is 11.9. The van der Waals surface area contributed by atoms with E-state index < -0.39 is 9.84 Å². The number of nitrogens with one attached hydrogen (secondary N) is 1. The lowest BCUT2D eigenvalue weighted by Crippen LogP contribution is -2.35. The third kappa shape index (κ3) is 3.26. The smallest absolute Gasteiger partial charge is 0.222 e. The highest BCUT2D eigenvalue weighted by atomic mass is 32.2. The summed E-state index contributed by atoms with van der Waals surface area (Å²) in [5.41, 5.74) is 1.11. The second kappa shape index (κ2) is 5.52. The molecule has 2 heterocycles. The van der Waals surface area contributed by atoms with Gasteiger partial charge in [0.15, 0.2) is 9.84 Å². The summed E-state index contributed by atoms with van der Waals surface area (Å²) >= 11 is 0. The van der Waals surface area contributed by atoms with E-state index in [0.717, 1.165) is 10.9 Å². The van der Waals surface area contributed by atoms with E-state index in [9.17, 15) is 13.2 Å². The van der Waals surface area contributed by atoms with E-state index in [1.165, 1.54) is 0 Å². The van der Waals surface area contributed by atoms with Crippen LogP contribution in [-0.4, -0.2) is 36.4 Å². The highest BCUT2D eigenvalue weighted by Crippen LogP contribution is 2.15.